The summed E-state index contributed by atoms with van der Waals surface area (Å²) in [4.78, 5) is 9.08. The van der Waals surface area contributed by atoms with Gasteiger partial charge in [0.25, 0.3) is 0 Å². The third kappa shape index (κ3) is 6.21. The molecule has 11 heavy (non-hydrogen) atoms. The number of rotatable bonds is 6. The SMILES string of the molecule is COC(C)OOOC(C)OC. The Bertz CT molecular complexity index is 77.0. The zero-order chi connectivity index (χ0) is 8.69. The van der Waals surface area contributed by atoms with Crippen LogP contribution in [-0.2, 0) is 24.3 Å². The quantitative estimate of drug-likeness (QED) is 0.332. The Labute approximate surface area is 66.0 Å². The maximum absolute atomic E-state index is 4.70. The van der Waals surface area contributed by atoms with E-state index in [4.69, 9.17) is 9.47 Å². The van der Waals surface area contributed by atoms with E-state index in [1.165, 1.54) is 14.2 Å². The van der Waals surface area contributed by atoms with Crippen LogP contribution in [0.15, 0.2) is 0 Å². The van der Waals surface area contributed by atoms with E-state index in [9.17, 15) is 0 Å². The first-order chi connectivity index (χ1) is 5.20. The molecule has 0 aromatic heterocycles. The van der Waals surface area contributed by atoms with Gasteiger partial charge in [0, 0.05) is 14.2 Å². The summed E-state index contributed by atoms with van der Waals surface area (Å²) in [5, 5.41) is 4.29. The summed E-state index contributed by atoms with van der Waals surface area (Å²) in [6.45, 7) is 3.33. The number of hydrogen-bond donors (Lipinski definition) is 0. The Kier molecular flexibility index (Phi) is 6.39. The highest BCUT2D eigenvalue weighted by molar-refractivity contribution is 4.17. The van der Waals surface area contributed by atoms with Crippen LogP contribution in [0.4, 0.5) is 0 Å². The lowest BCUT2D eigenvalue weighted by Gasteiger charge is -2.11. The molecule has 0 rings (SSSR count). The highest BCUT2D eigenvalue weighted by atomic mass is 17.5. The highest BCUT2D eigenvalue weighted by Crippen LogP contribution is 1.96. The molecule has 2 unspecified atom stereocenters. The molecule has 0 fully saturated rings. The molecule has 0 bridgehead atoms. The predicted octanol–water partition coefficient (Wildman–Crippen LogP) is 0.851. The maximum atomic E-state index is 4.70. The van der Waals surface area contributed by atoms with Gasteiger partial charge in [-0.15, -0.1) is 0 Å². The molecule has 0 aromatic carbocycles. The fraction of sp³-hybridized carbons (Fsp3) is 1.00. The molecule has 0 radical (unpaired) electrons. The molecule has 0 aliphatic carbocycles. The Morgan fingerprint density at radius 1 is 0.818 bits per heavy atom. The van der Waals surface area contributed by atoms with Crippen LogP contribution in [0.5, 0.6) is 0 Å². The van der Waals surface area contributed by atoms with Crippen LogP contribution in [0.25, 0.3) is 0 Å². The fourth-order valence-corrected chi connectivity index (χ4v) is 0.212. The van der Waals surface area contributed by atoms with E-state index in [2.05, 4.69) is 14.8 Å². The average molecular weight is 166 g/mol. The topological polar surface area (TPSA) is 46.2 Å². The van der Waals surface area contributed by atoms with Gasteiger partial charge >= 0.3 is 0 Å². The van der Waals surface area contributed by atoms with Crippen molar-refractivity contribution < 1.29 is 24.3 Å². The normalized spacial score (nSPS) is 16.4. The van der Waals surface area contributed by atoms with Crippen LogP contribution in [0.3, 0.4) is 0 Å². The first kappa shape index (κ1) is 10.8. The second kappa shape index (κ2) is 6.51. The van der Waals surface area contributed by atoms with Crippen LogP contribution in [0.2, 0.25) is 0 Å². The van der Waals surface area contributed by atoms with Gasteiger partial charge in [0.15, 0.2) is 12.6 Å². The lowest BCUT2D eigenvalue weighted by molar-refractivity contribution is -0.569. The minimum atomic E-state index is -0.459. The molecule has 0 heterocycles. The molecule has 0 aromatic rings. The maximum Gasteiger partial charge on any atom is 0.191 e. The lowest BCUT2D eigenvalue weighted by Crippen LogP contribution is -2.16. The molecular weight excluding hydrogens is 152 g/mol. The van der Waals surface area contributed by atoms with Crippen molar-refractivity contribution in [2.75, 3.05) is 14.2 Å². The molecule has 0 aliphatic heterocycles. The largest absolute Gasteiger partial charge is 0.353 e. The number of hydrogen-bond acceptors (Lipinski definition) is 5. The summed E-state index contributed by atoms with van der Waals surface area (Å²) < 4.78 is 9.40. The predicted molar refractivity (Wildman–Crippen MR) is 36.2 cm³/mol. The zero-order valence-corrected chi connectivity index (χ0v) is 7.20. The van der Waals surface area contributed by atoms with E-state index in [1.807, 2.05) is 0 Å². The zero-order valence-electron chi connectivity index (χ0n) is 7.20. The van der Waals surface area contributed by atoms with Crippen molar-refractivity contribution in [3.05, 3.63) is 0 Å². The molecule has 0 N–H and O–H groups in total. The van der Waals surface area contributed by atoms with E-state index in [0.717, 1.165) is 0 Å². The van der Waals surface area contributed by atoms with Gasteiger partial charge in [-0.2, -0.15) is 9.78 Å². The molecule has 0 amide bonds. The van der Waals surface area contributed by atoms with Crippen molar-refractivity contribution in [3.63, 3.8) is 0 Å². The summed E-state index contributed by atoms with van der Waals surface area (Å²) in [5.41, 5.74) is 0. The Morgan fingerprint density at radius 2 is 1.18 bits per heavy atom. The second-order valence-corrected chi connectivity index (χ2v) is 1.87. The minimum Gasteiger partial charge on any atom is -0.353 e. The van der Waals surface area contributed by atoms with Crippen molar-refractivity contribution >= 4 is 0 Å². The summed E-state index contributed by atoms with van der Waals surface area (Å²) in [7, 11) is 2.99. The first-order valence-electron chi connectivity index (χ1n) is 3.25. The van der Waals surface area contributed by atoms with E-state index >= 15 is 0 Å². The van der Waals surface area contributed by atoms with Crippen molar-refractivity contribution in [2.45, 2.75) is 26.4 Å². The summed E-state index contributed by atoms with van der Waals surface area (Å²) >= 11 is 0. The van der Waals surface area contributed by atoms with Gasteiger partial charge in [-0.1, -0.05) is 5.04 Å². The summed E-state index contributed by atoms with van der Waals surface area (Å²) in [6, 6.07) is 0. The van der Waals surface area contributed by atoms with Gasteiger partial charge in [-0.25, -0.2) is 0 Å². The molecule has 68 valence electrons. The Balaban J connectivity index is 3.13. The van der Waals surface area contributed by atoms with E-state index in [1.54, 1.807) is 13.8 Å². The number of ether oxygens (including phenoxy) is 2. The van der Waals surface area contributed by atoms with Gasteiger partial charge in [-0.3, -0.25) is 0 Å². The van der Waals surface area contributed by atoms with Gasteiger partial charge in [0.2, 0.25) is 0 Å². The molecular formula is C6H14O5. The molecule has 2 atom stereocenters. The summed E-state index contributed by atoms with van der Waals surface area (Å²) in [6.07, 6.45) is -0.918. The van der Waals surface area contributed by atoms with Gasteiger partial charge in [0.05, 0.1) is 0 Å². The van der Waals surface area contributed by atoms with Crippen LogP contribution < -0.4 is 0 Å². The second-order valence-electron chi connectivity index (χ2n) is 1.87. The van der Waals surface area contributed by atoms with Crippen LogP contribution in [0.1, 0.15) is 13.8 Å². The average Bonchev–Trinajstić information content (AvgIpc) is 2.04. The standard InChI is InChI=1S/C6H14O5/c1-5(7-3)9-11-10-6(2)8-4/h5-6H,1-4H3. The van der Waals surface area contributed by atoms with E-state index in [-0.39, 0.29) is 0 Å². The van der Waals surface area contributed by atoms with E-state index in [0.29, 0.717) is 0 Å². The fourth-order valence-electron chi connectivity index (χ4n) is 0.212. The lowest BCUT2D eigenvalue weighted by atomic mass is 10.8. The molecule has 5 heteroatoms. The summed E-state index contributed by atoms with van der Waals surface area (Å²) in [5.74, 6) is 0. The van der Waals surface area contributed by atoms with Gasteiger partial charge < -0.3 is 9.47 Å². The van der Waals surface area contributed by atoms with Crippen molar-refractivity contribution in [1.29, 1.82) is 0 Å². The monoisotopic (exact) mass is 166 g/mol. The van der Waals surface area contributed by atoms with E-state index < -0.39 is 12.6 Å². The number of methoxy groups -OCH3 is 2. The molecule has 0 spiro atoms. The van der Waals surface area contributed by atoms with Gasteiger partial charge in [-0.05, 0) is 13.8 Å². The molecule has 0 saturated carbocycles. The van der Waals surface area contributed by atoms with Crippen LogP contribution >= 0.6 is 0 Å². The first-order valence-corrected chi connectivity index (χ1v) is 3.25. The third-order valence-corrected chi connectivity index (χ3v) is 1.01. The van der Waals surface area contributed by atoms with Crippen molar-refractivity contribution in [1.82, 2.24) is 0 Å². The van der Waals surface area contributed by atoms with Gasteiger partial charge in [0.1, 0.15) is 0 Å². The Hall–Kier alpha value is -0.200. The Morgan fingerprint density at radius 3 is 1.45 bits per heavy atom. The minimum absolute atomic E-state index is 0.459. The molecule has 0 aliphatic rings. The van der Waals surface area contributed by atoms with Crippen LogP contribution in [-0.4, -0.2) is 26.8 Å². The van der Waals surface area contributed by atoms with Crippen molar-refractivity contribution in [2.24, 2.45) is 0 Å². The van der Waals surface area contributed by atoms with Crippen molar-refractivity contribution in [3.8, 4) is 0 Å². The smallest absolute Gasteiger partial charge is 0.191 e. The third-order valence-electron chi connectivity index (χ3n) is 1.01. The van der Waals surface area contributed by atoms with Crippen LogP contribution in [0, 0.1) is 0 Å². The highest BCUT2D eigenvalue weighted by Gasteiger charge is 2.03. The molecule has 0 saturated heterocycles. The molecule has 5 nitrogen and oxygen atoms in total.